The van der Waals surface area contributed by atoms with Gasteiger partial charge in [0.15, 0.2) is 0 Å². The highest BCUT2D eigenvalue weighted by molar-refractivity contribution is 6.20. The summed E-state index contributed by atoms with van der Waals surface area (Å²) >= 11 is 5.90. The Morgan fingerprint density at radius 1 is 1.50 bits per heavy atom. The zero-order chi connectivity index (χ0) is 13.3. The molecule has 0 fully saturated rings. The van der Waals surface area contributed by atoms with Crippen molar-refractivity contribution in [1.82, 2.24) is 15.0 Å². The molecule has 1 aromatic carbocycles. The van der Waals surface area contributed by atoms with Gasteiger partial charge in [0.2, 0.25) is 0 Å². The van der Waals surface area contributed by atoms with Crippen molar-refractivity contribution in [2.24, 2.45) is 0 Å². The summed E-state index contributed by atoms with van der Waals surface area (Å²) in [6.07, 6.45) is 1.60. The maximum absolute atomic E-state index is 11.0. The fraction of sp³-hybridized carbons (Fsp3) is 0.273. The molecule has 0 bridgehead atoms. The summed E-state index contributed by atoms with van der Waals surface area (Å²) in [5.41, 5.74) is 1.74. The van der Waals surface area contributed by atoms with Crippen LogP contribution in [0.5, 0.6) is 0 Å². The lowest BCUT2D eigenvalue weighted by Crippen LogP contribution is -2.03. The Labute approximate surface area is 108 Å². The molecule has 0 saturated heterocycles. The minimum Gasteiger partial charge on any atom is -0.258 e. The first-order chi connectivity index (χ1) is 8.50. The Morgan fingerprint density at radius 2 is 2.22 bits per heavy atom. The number of nitro benzene ring substituents is 1. The number of hydrogen-bond donors (Lipinski definition) is 0. The predicted molar refractivity (Wildman–Crippen MR) is 67.0 cm³/mol. The SMILES string of the molecule is Cc1cccc([N+](=O)[O-])c1-n1cc(C(C)Cl)nn1. The molecule has 18 heavy (non-hydrogen) atoms. The fourth-order valence-electron chi connectivity index (χ4n) is 1.66. The number of rotatable bonds is 3. The summed E-state index contributed by atoms with van der Waals surface area (Å²) in [7, 11) is 0. The lowest BCUT2D eigenvalue weighted by Gasteiger charge is -2.05. The molecule has 0 radical (unpaired) electrons. The lowest BCUT2D eigenvalue weighted by atomic mass is 10.1. The van der Waals surface area contributed by atoms with Crippen molar-refractivity contribution in [1.29, 1.82) is 0 Å². The molecule has 1 aromatic heterocycles. The normalized spacial score (nSPS) is 12.4. The van der Waals surface area contributed by atoms with Crippen LogP contribution in [0.1, 0.15) is 23.6 Å². The van der Waals surface area contributed by atoms with E-state index in [1.54, 1.807) is 32.2 Å². The monoisotopic (exact) mass is 266 g/mol. The Hall–Kier alpha value is -1.95. The lowest BCUT2D eigenvalue weighted by molar-refractivity contribution is -0.384. The first-order valence-electron chi connectivity index (χ1n) is 5.31. The van der Waals surface area contributed by atoms with E-state index < -0.39 is 4.92 Å². The van der Waals surface area contributed by atoms with Gasteiger partial charge in [0.05, 0.1) is 16.5 Å². The Kier molecular flexibility index (Phi) is 3.29. The maximum atomic E-state index is 11.0. The molecule has 0 aliphatic carbocycles. The summed E-state index contributed by atoms with van der Waals surface area (Å²) in [4.78, 5) is 10.6. The molecular formula is C11H11ClN4O2. The second-order valence-corrected chi connectivity index (χ2v) is 4.56. The van der Waals surface area contributed by atoms with Gasteiger partial charge in [-0.1, -0.05) is 17.3 Å². The van der Waals surface area contributed by atoms with E-state index >= 15 is 0 Å². The number of hydrogen-bond acceptors (Lipinski definition) is 4. The second-order valence-electron chi connectivity index (χ2n) is 3.90. The molecule has 0 spiro atoms. The molecule has 0 saturated carbocycles. The summed E-state index contributed by atoms with van der Waals surface area (Å²) in [6, 6.07) is 4.86. The van der Waals surface area contributed by atoms with E-state index in [0.717, 1.165) is 5.56 Å². The van der Waals surface area contributed by atoms with Crippen molar-refractivity contribution in [3.05, 3.63) is 45.8 Å². The van der Waals surface area contributed by atoms with Crippen LogP contribution in [0.25, 0.3) is 5.69 Å². The number of nitrogens with zero attached hydrogens (tertiary/aromatic N) is 4. The van der Waals surface area contributed by atoms with Crippen molar-refractivity contribution in [3.8, 4) is 5.69 Å². The van der Waals surface area contributed by atoms with Gasteiger partial charge >= 0.3 is 0 Å². The summed E-state index contributed by atoms with van der Waals surface area (Å²) < 4.78 is 1.39. The van der Waals surface area contributed by atoms with Gasteiger partial charge < -0.3 is 0 Å². The third kappa shape index (κ3) is 2.19. The van der Waals surface area contributed by atoms with E-state index in [0.29, 0.717) is 11.4 Å². The summed E-state index contributed by atoms with van der Waals surface area (Å²) in [5.74, 6) is 0. The molecule has 0 N–H and O–H groups in total. The third-order valence-electron chi connectivity index (χ3n) is 2.56. The van der Waals surface area contributed by atoms with E-state index in [4.69, 9.17) is 11.6 Å². The molecule has 2 aromatic rings. The molecular weight excluding hydrogens is 256 g/mol. The minimum absolute atomic E-state index is 0.00586. The number of para-hydroxylation sites is 1. The zero-order valence-corrected chi connectivity index (χ0v) is 10.6. The van der Waals surface area contributed by atoms with Crippen LogP contribution in [-0.4, -0.2) is 19.9 Å². The first kappa shape index (κ1) is 12.5. The molecule has 1 unspecified atom stereocenters. The summed E-state index contributed by atoms with van der Waals surface area (Å²) in [5, 5.41) is 18.5. The zero-order valence-electron chi connectivity index (χ0n) is 9.87. The number of aryl methyl sites for hydroxylation is 1. The highest BCUT2D eigenvalue weighted by atomic mass is 35.5. The van der Waals surface area contributed by atoms with Crippen molar-refractivity contribution >= 4 is 17.3 Å². The van der Waals surface area contributed by atoms with Crippen molar-refractivity contribution < 1.29 is 4.92 Å². The Morgan fingerprint density at radius 3 is 2.78 bits per heavy atom. The maximum Gasteiger partial charge on any atom is 0.295 e. The fourth-order valence-corrected chi connectivity index (χ4v) is 1.76. The number of halogens is 1. The Balaban J connectivity index is 2.58. The molecule has 0 amide bonds. The highest BCUT2D eigenvalue weighted by Crippen LogP contribution is 2.26. The van der Waals surface area contributed by atoms with Gasteiger partial charge in [-0.2, -0.15) is 0 Å². The van der Waals surface area contributed by atoms with Gasteiger partial charge in [0, 0.05) is 6.07 Å². The van der Waals surface area contributed by atoms with Gasteiger partial charge in [0.25, 0.3) is 5.69 Å². The molecule has 6 nitrogen and oxygen atoms in total. The molecule has 1 heterocycles. The van der Waals surface area contributed by atoms with E-state index in [1.807, 2.05) is 0 Å². The van der Waals surface area contributed by atoms with Crippen LogP contribution >= 0.6 is 11.6 Å². The standard InChI is InChI=1S/C11H11ClN4O2/c1-7-4-3-5-10(16(17)18)11(7)15-6-9(8(2)12)13-14-15/h3-6,8H,1-2H3. The van der Waals surface area contributed by atoms with Crippen molar-refractivity contribution in [2.45, 2.75) is 19.2 Å². The van der Waals surface area contributed by atoms with E-state index in [9.17, 15) is 10.1 Å². The third-order valence-corrected chi connectivity index (χ3v) is 2.78. The minimum atomic E-state index is -0.437. The van der Waals surface area contributed by atoms with Gasteiger partial charge in [0.1, 0.15) is 11.4 Å². The van der Waals surface area contributed by atoms with Crippen LogP contribution in [-0.2, 0) is 0 Å². The predicted octanol–water partition coefficient (Wildman–Crippen LogP) is 2.78. The van der Waals surface area contributed by atoms with E-state index in [-0.39, 0.29) is 11.1 Å². The van der Waals surface area contributed by atoms with Gasteiger partial charge in [-0.3, -0.25) is 10.1 Å². The van der Waals surface area contributed by atoms with Crippen LogP contribution in [0.15, 0.2) is 24.4 Å². The van der Waals surface area contributed by atoms with Crippen LogP contribution < -0.4 is 0 Å². The molecule has 1 atom stereocenters. The smallest absolute Gasteiger partial charge is 0.258 e. The van der Waals surface area contributed by atoms with Crippen LogP contribution in [0, 0.1) is 17.0 Å². The van der Waals surface area contributed by atoms with Gasteiger partial charge in [-0.05, 0) is 19.4 Å². The average molecular weight is 267 g/mol. The van der Waals surface area contributed by atoms with Crippen LogP contribution in [0.3, 0.4) is 0 Å². The number of nitro groups is 1. The molecule has 0 aliphatic heterocycles. The molecule has 94 valence electrons. The van der Waals surface area contributed by atoms with Crippen LogP contribution in [0.4, 0.5) is 5.69 Å². The van der Waals surface area contributed by atoms with E-state index in [1.165, 1.54) is 10.7 Å². The number of aromatic nitrogens is 3. The topological polar surface area (TPSA) is 73.8 Å². The molecule has 2 rings (SSSR count). The quantitative estimate of drug-likeness (QED) is 0.486. The van der Waals surface area contributed by atoms with Crippen LogP contribution in [0.2, 0.25) is 0 Å². The second kappa shape index (κ2) is 4.73. The number of alkyl halides is 1. The van der Waals surface area contributed by atoms with Crippen molar-refractivity contribution in [2.75, 3.05) is 0 Å². The highest BCUT2D eigenvalue weighted by Gasteiger charge is 2.19. The molecule has 7 heteroatoms. The number of benzene rings is 1. The average Bonchev–Trinajstić information content (AvgIpc) is 2.77. The largest absolute Gasteiger partial charge is 0.295 e. The first-order valence-corrected chi connectivity index (χ1v) is 5.75. The Bertz CT molecular complexity index is 594. The summed E-state index contributed by atoms with van der Waals surface area (Å²) in [6.45, 7) is 3.55. The molecule has 0 aliphatic rings. The van der Waals surface area contributed by atoms with E-state index in [2.05, 4.69) is 10.3 Å². The van der Waals surface area contributed by atoms with Gasteiger partial charge in [-0.15, -0.1) is 16.7 Å². The van der Waals surface area contributed by atoms with Crippen molar-refractivity contribution in [3.63, 3.8) is 0 Å². The van der Waals surface area contributed by atoms with Gasteiger partial charge in [-0.25, -0.2) is 4.68 Å².